The van der Waals surface area contributed by atoms with E-state index in [-0.39, 0.29) is 10.8 Å². The van der Waals surface area contributed by atoms with Gasteiger partial charge < -0.3 is 10.8 Å². The maximum Gasteiger partial charge on any atom is 0.188 e. The van der Waals surface area contributed by atoms with Gasteiger partial charge >= 0.3 is 0 Å². The van der Waals surface area contributed by atoms with E-state index in [2.05, 4.69) is 11.9 Å². The van der Waals surface area contributed by atoms with Crippen molar-refractivity contribution < 1.29 is 19.5 Å². The molecule has 2 atom stereocenters. The van der Waals surface area contributed by atoms with Crippen molar-refractivity contribution in [3.8, 4) is 0 Å². The van der Waals surface area contributed by atoms with Gasteiger partial charge in [0.05, 0.1) is 5.69 Å². The van der Waals surface area contributed by atoms with Gasteiger partial charge in [-0.15, -0.1) is 11.3 Å². The minimum atomic E-state index is -2.45. The van der Waals surface area contributed by atoms with E-state index in [1.807, 2.05) is 0 Å². The van der Waals surface area contributed by atoms with Crippen molar-refractivity contribution in [2.45, 2.75) is 25.4 Å². The first-order valence-corrected chi connectivity index (χ1v) is 5.90. The number of rotatable bonds is 5. The summed E-state index contributed by atoms with van der Waals surface area (Å²) in [6.45, 7) is 5.35. The highest BCUT2D eigenvalue weighted by Crippen LogP contribution is 2.26. The first kappa shape index (κ1) is 14.5. The van der Waals surface area contributed by atoms with Crippen molar-refractivity contribution in [2.24, 2.45) is 0 Å². The Labute approximate surface area is 108 Å². The molecule has 0 aliphatic carbocycles. The van der Waals surface area contributed by atoms with E-state index >= 15 is 0 Å². The third-order valence-electron chi connectivity index (χ3n) is 2.49. The summed E-state index contributed by atoms with van der Waals surface area (Å²) < 4.78 is 0. The van der Waals surface area contributed by atoms with E-state index in [9.17, 15) is 19.5 Å². The third kappa shape index (κ3) is 2.62. The molecular formula is C11H13N2O4S. The monoisotopic (exact) mass is 269 g/mol. The van der Waals surface area contributed by atoms with E-state index in [0.29, 0.717) is 0 Å². The summed E-state index contributed by atoms with van der Waals surface area (Å²) in [5.41, 5.74) is 3.10. The fourth-order valence-corrected chi connectivity index (χ4v) is 1.96. The Bertz CT molecular complexity index is 507. The molecule has 0 saturated carbocycles. The Balaban J connectivity index is 3.19. The third-order valence-corrected chi connectivity index (χ3v) is 3.19. The van der Waals surface area contributed by atoms with Crippen molar-refractivity contribution in [3.63, 3.8) is 0 Å². The second kappa shape index (κ2) is 4.95. The minimum Gasteiger partial charge on any atom is -0.375 e. The lowest BCUT2D eigenvalue weighted by Crippen LogP contribution is -2.46. The highest BCUT2D eigenvalue weighted by atomic mass is 32.1. The lowest BCUT2D eigenvalue weighted by Gasteiger charge is -2.22. The highest BCUT2D eigenvalue weighted by Gasteiger charge is 2.43. The van der Waals surface area contributed by atoms with Gasteiger partial charge in [0.1, 0.15) is 11.7 Å². The van der Waals surface area contributed by atoms with Gasteiger partial charge in [-0.1, -0.05) is 0 Å². The van der Waals surface area contributed by atoms with E-state index in [4.69, 9.17) is 5.73 Å². The molecule has 0 amide bonds. The Morgan fingerprint density at radius 1 is 1.50 bits per heavy atom. The van der Waals surface area contributed by atoms with Crippen molar-refractivity contribution >= 4 is 33.8 Å². The summed E-state index contributed by atoms with van der Waals surface area (Å²) in [4.78, 5) is 38.6. The topological polar surface area (TPSA) is 110 Å². The molecule has 0 bridgehead atoms. The molecule has 6 nitrogen and oxygen atoms in total. The fraction of sp³-hybridized carbons (Fsp3) is 0.364. The molecule has 18 heavy (non-hydrogen) atoms. The van der Waals surface area contributed by atoms with Crippen LogP contribution in [-0.2, 0) is 14.4 Å². The van der Waals surface area contributed by atoms with E-state index in [0.717, 1.165) is 18.3 Å². The number of Topliss-reactive ketones (excluding diaryl/α,β-unsaturated/α-hetero) is 3. The van der Waals surface area contributed by atoms with Crippen molar-refractivity contribution in [1.82, 2.24) is 4.98 Å². The lowest BCUT2D eigenvalue weighted by molar-refractivity contribution is -0.147. The van der Waals surface area contributed by atoms with E-state index in [1.54, 1.807) is 0 Å². The van der Waals surface area contributed by atoms with Crippen LogP contribution in [0.25, 0.3) is 0 Å². The van der Waals surface area contributed by atoms with Crippen LogP contribution in [-0.4, -0.2) is 33.0 Å². The molecule has 97 valence electrons. The predicted octanol–water partition coefficient (Wildman–Crippen LogP) is 0.121. The maximum absolute atomic E-state index is 12.0. The minimum absolute atomic E-state index is 0.123. The van der Waals surface area contributed by atoms with Crippen LogP contribution in [0.1, 0.15) is 25.5 Å². The molecule has 0 aromatic carbocycles. The number of hydrogen-bond acceptors (Lipinski definition) is 7. The number of thiazole rings is 1. The summed E-state index contributed by atoms with van der Waals surface area (Å²) >= 11 is 1.06. The smallest absolute Gasteiger partial charge is 0.188 e. The first-order chi connectivity index (χ1) is 8.17. The summed E-state index contributed by atoms with van der Waals surface area (Å²) in [5.74, 6) is -3.69. The molecule has 0 aliphatic heterocycles. The van der Waals surface area contributed by atoms with Gasteiger partial charge in [-0.3, -0.25) is 14.4 Å². The van der Waals surface area contributed by atoms with Gasteiger partial charge in [0.25, 0.3) is 0 Å². The van der Waals surface area contributed by atoms with Gasteiger partial charge in [0, 0.05) is 5.38 Å². The lowest BCUT2D eigenvalue weighted by atomic mass is 9.84. The largest absolute Gasteiger partial charge is 0.375 e. The zero-order chi connectivity index (χ0) is 14.1. The number of carbonyl (C=O) groups is 3. The Hall–Kier alpha value is -1.60. The standard InChI is InChI=1S/C11H13N2O4S/c1-5(14)8(7-4-18-10(12)13-7)9(16)11(3,17)6(2)15/h4,8,17H,3H2,1-2H3,(H2,12,13). The Morgan fingerprint density at radius 2 is 2.06 bits per heavy atom. The van der Waals surface area contributed by atoms with Crippen molar-refractivity contribution in [2.75, 3.05) is 5.73 Å². The zero-order valence-corrected chi connectivity index (χ0v) is 10.8. The van der Waals surface area contributed by atoms with E-state index in [1.165, 1.54) is 12.3 Å². The number of ketones is 3. The normalized spacial score (nSPS) is 15.8. The molecule has 1 heterocycles. The number of nitrogens with two attached hydrogens (primary N) is 1. The van der Waals surface area contributed by atoms with Gasteiger partial charge in [0.15, 0.2) is 22.3 Å². The van der Waals surface area contributed by atoms with Crippen molar-refractivity contribution in [3.05, 3.63) is 18.0 Å². The molecule has 1 aromatic rings. The average Bonchev–Trinajstić information content (AvgIpc) is 2.64. The number of nitrogens with zero attached hydrogens (tertiary/aromatic N) is 1. The first-order valence-electron chi connectivity index (χ1n) is 5.02. The zero-order valence-electron chi connectivity index (χ0n) is 9.97. The van der Waals surface area contributed by atoms with Gasteiger partial charge in [-0.2, -0.15) is 0 Å². The van der Waals surface area contributed by atoms with Gasteiger partial charge in [-0.25, -0.2) is 4.98 Å². The number of aliphatic hydroxyl groups is 1. The summed E-state index contributed by atoms with van der Waals surface area (Å²) in [5, 5.41) is 11.4. The van der Waals surface area contributed by atoms with Crippen LogP contribution in [0.15, 0.2) is 5.38 Å². The second-order valence-electron chi connectivity index (χ2n) is 3.93. The maximum atomic E-state index is 12.0. The van der Waals surface area contributed by atoms with Crippen LogP contribution in [0.4, 0.5) is 5.13 Å². The molecule has 2 unspecified atom stereocenters. The molecule has 0 fully saturated rings. The molecule has 1 rings (SSSR count). The highest BCUT2D eigenvalue weighted by molar-refractivity contribution is 7.13. The van der Waals surface area contributed by atoms with Crippen LogP contribution in [0, 0.1) is 6.92 Å². The number of aromatic nitrogens is 1. The van der Waals surface area contributed by atoms with Crippen LogP contribution < -0.4 is 5.73 Å². The van der Waals surface area contributed by atoms with E-state index < -0.39 is 28.9 Å². The summed E-state index contributed by atoms with van der Waals surface area (Å²) in [6.07, 6.45) is 0. The molecule has 0 saturated heterocycles. The second-order valence-corrected chi connectivity index (χ2v) is 4.82. The summed E-state index contributed by atoms with van der Waals surface area (Å²) in [7, 11) is 0. The SMILES string of the molecule is [CH2]C(O)(C(C)=O)C(=O)C(C(C)=O)c1csc(N)n1. The summed E-state index contributed by atoms with van der Waals surface area (Å²) in [6, 6.07) is 0. The molecule has 7 heteroatoms. The Morgan fingerprint density at radius 3 is 2.39 bits per heavy atom. The van der Waals surface area contributed by atoms with Crippen LogP contribution in [0.2, 0.25) is 0 Å². The van der Waals surface area contributed by atoms with Crippen molar-refractivity contribution in [1.29, 1.82) is 0 Å². The number of anilines is 1. The fourth-order valence-electron chi connectivity index (χ4n) is 1.37. The predicted molar refractivity (Wildman–Crippen MR) is 65.9 cm³/mol. The van der Waals surface area contributed by atoms with Gasteiger partial charge in [-0.05, 0) is 20.8 Å². The molecule has 0 aliphatic rings. The van der Waals surface area contributed by atoms with Crippen LogP contribution in [0.3, 0.4) is 0 Å². The quantitative estimate of drug-likeness (QED) is 0.735. The van der Waals surface area contributed by atoms with Crippen LogP contribution >= 0.6 is 11.3 Å². The molecule has 3 N–H and O–H groups in total. The number of hydrogen-bond donors (Lipinski definition) is 2. The molecular weight excluding hydrogens is 256 g/mol. The average molecular weight is 269 g/mol. The number of carbonyl (C=O) groups excluding carboxylic acids is 3. The Kier molecular flexibility index (Phi) is 3.98. The molecule has 0 spiro atoms. The van der Waals surface area contributed by atoms with Gasteiger partial charge in [0.2, 0.25) is 0 Å². The van der Waals surface area contributed by atoms with Crippen LogP contribution in [0.5, 0.6) is 0 Å². The molecule has 1 radical (unpaired) electrons. The number of nitrogen functional groups attached to an aromatic ring is 1. The molecule has 1 aromatic heterocycles.